The van der Waals surface area contributed by atoms with Crippen LogP contribution in [0.4, 0.5) is 11.4 Å². The van der Waals surface area contributed by atoms with Gasteiger partial charge in [0, 0.05) is 36.8 Å². The van der Waals surface area contributed by atoms with Crippen molar-refractivity contribution in [2.24, 2.45) is 12.1 Å². The average Bonchev–Trinajstić information content (AvgIpc) is 2.87. The molecule has 0 aliphatic heterocycles. The third-order valence-corrected chi connectivity index (χ3v) is 5.53. The molecule has 0 bridgehead atoms. The number of hydrogen-bond acceptors (Lipinski definition) is 5. The molecule has 0 aliphatic carbocycles. The number of aryl methyl sites for hydroxylation is 1. The molecule has 33 heavy (non-hydrogen) atoms. The van der Waals surface area contributed by atoms with Crippen molar-refractivity contribution in [3.63, 3.8) is 0 Å². The highest BCUT2D eigenvalue weighted by atomic mass is 16.5. The van der Waals surface area contributed by atoms with E-state index in [1.165, 1.54) is 12.7 Å². The fourth-order valence-electron chi connectivity index (χ4n) is 3.68. The van der Waals surface area contributed by atoms with Crippen LogP contribution in [0.2, 0.25) is 0 Å². The summed E-state index contributed by atoms with van der Waals surface area (Å²) in [4.78, 5) is 12.6. The lowest BCUT2D eigenvalue weighted by atomic mass is 10.1. The first-order valence-electron chi connectivity index (χ1n) is 10.7. The first-order chi connectivity index (χ1) is 16.1. The number of benzene rings is 3. The van der Waals surface area contributed by atoms with E-state index in [-0.39, 0.29) is 5.71 Å². The molecule has 1 N–H and O–H groups in total. The van der Waals surface area contributed by atoms with Crippen molar-refractivity contribution in [2.45, 2.75) is 6.54 Å². The van der Waals surface area contributed by atoms with E-state index in [1.807, 2.05) is 97.5 Å². The summed E-state index contributed by atoms with van der Waals surface area (Å²) in [6, 6.07) is 30.1. The summed E-state index contributed by atoms with van der Waals surface area (Å²) in [6.07, 6.45) is 0. The molecule has 1 aromatic heterocycles. The second-order valence-corrected chi connectivity index (χ2v) is 7.69. The van der Waals surface area contributed by atoms with Crippen molar-refractivity contribution in [3.8, 4) is 0 Å². The molecule has 4 aromatic rings. The quantitative estimate of drug-likeness (QED) is 0.202. The molecule has 166 valence electrons. The molecule has 3 aromatic carbocycles. The Morgan fingerprint density at radius 1 is 0.939 bits per heavy atom. The Bertz CT molecular complexity index is 1280. The van der Waals surface area contributed by atoms with E-state index in [4.69, 9.17) is 4.74 Å². The average molecular weight is 440 g/mol. The first-order valence-corrected chi connectivity index (χ1v) is 10.7. The van der Waals surface area contributed by atoms with Crippen LogP contribution in [0.3, 0.4) is 0 Å². The highest BCUT2D eigenvalue weighted by Gasteiger charge is 2.26. The van der Waals surface area contributed by atoms with Gasteiger partial charge in [0.1, 0.15) is 7.05 Å². The number of methoxy groups -OCH3 is 1. The second-order valence-electron chi connectivity index (χ2n) is 7.69. The van der Waals surface area contributed by atoms with Crippen LogP contribution < -0.4 is 14.9 Å². The molecule has 0 fully saturated rings. The van der Waals surface area contributed by atoms with Crippen molar-refractivity contribution in [2.75, 3.05) is 24.5 Å². The van der Waals surface area contributed by atoms with Gasteiger partial charge in [0.2, 0.25) is 16.9 Å². The number of para-hydroxylation sites is 1. The highest BCUT2D eigenvalue weighted by molar-refractivity contribution is 6.42. The van der Waals surface area contributed by atoms with Crippen molar-refractivity contribution < 1.29 is 14.1 Å². The van der Waals surface area contributed by atoms with Crippen LogP contribution in [0.5, 0.6) is 0 Å². The number of aromatic nitrogens is 1. The van der Waals surface area contributed by atoms with Gasteiger partial charge in [-0.15, -0.1) is 0 Å². The van der Waals surface area contributed by atoms with Crippen LogP contribution in [0, 0.1) is 0 Å². The lowest BCUT2D eigenvalue weighted by Crippen LogP contribution is -2.40. The van der Waals surface area contributed by atoms with E-state index < -0.39 is 5.97 Å². The van der Waals surface area contributed by atoms with Crippen molar-refractivity contribution >= 4 is 34.0 Å². The minimum absolute atomic E-state index is 0.236. The first kappa shape index (κ1) is 22.0. The molecule has 0 atom stereocenters. The number of pyridine rings is 1. The predicted molar refractivity (Wildman–Crippen MR) is 132 cm³/mol. The summed E-state index contributed by atoms with van der Waals surface area (Å²) in [5.41, 5.74) is 4.99. The summed E-state index contributed by atoms with van der Waals surface area (Å²) >= 11 is 0. The summed E-state index contributed by atoms with van der Waals surface area (Å²) in [7, 11) is 5.10. The van der Waals surface area contributed by atoms with Crippen molar-refractivity contribution in [1.82, 2.24) is 0 Å². The number of ether oxygens (including phenoxy) is 1. The van der Waals surface area contributed by atoms with Crippen LogP contribution in [0.25, 0.3) is 10.9 Å². The van der Waals surface area contributed by atoms with Gasteiger partial charge in [-0.25, -0.2) is 4.79 Å². The smallest absolute Gasteiger partial charge is 0.365 e. The zero-order chi connectivity index (χ0) is 23.2. The number of anilines is 2. The van der Waals surface area contributed by atoms with Crippen LogP contribution >= 0.6 is 0 Å². The van der Waals surface area contributed by atoms with E-state index in [1.54, 1.807) is 5.01 Å². The summed E-state index contributed by atoms with van der Waals surface area (Å²) < 4.78 is 7.00. The maximum atomic E-state index is 12.6. The molecule has 0 amide bonds. The third kappa shape index (κ3) is 5.01. The van der Waals surface area contributed by atoms with Gasteiger partial charge in [-0.05, 0) is 42.0 Å². The van der Waals surface area contributed by atoms with E-state index >= 15 is 0 Å². The monoisotopic (exact) mass is 439 g/mol. The van der Waals surface area contributed by atoms with Gasteiger partial charge in [0.25, 0.3) is 0 Å². The van der Waals surface area contributed by atoms with Gasteiger partial charge >= 0.3 is 5.97 Å². The number of esters is 1. The summed E-state index contributed by atoms with van der Waals surface area (Å²) in [6.45, 7) is 0.749. The molecule has 6 heteroatoms. The fraction of sp³-hybridized carbons (Fsp3) is 0.148. The number of carbonyl (C=O) groups excluding carboxylic acids is 1. The number of hydrogen-bond donors (Lipinski definition) is 1. The normalized spacial score (nSPS) is 11.3. The molecule has 4 rings (SSSR count). The lowest BCUT2D eigenvalue weighted by Gasteiger charge is -2.16. The largest absolute Gasteiger partial charge is 0.464 e. The topological polar surface area (TPSA) is 57.8 Å². The van der Waals surface area contributed by atoms with Gasteiger partial charge in [0.15, 0.2) is 0 Å². The van der Waals surface area contributed by atoms with Gasteiger partial charge in [-0.3, -0.25) is 5.01 Å². The Morgan fingerprint density at radius 3 is 2.36 bits per heavy atom. The molecule has 0 saturated carbocycles. The number of rotatable bonds is 7. The van der Waals surface area contributed by atoms with Gasteiger partial charge in [-0.1, -0.05) is 42.5 Å². The van der Waals surface area contributed by atoms with Crippen molar-refractivity contribution in [3.05, 3.63) is 102 Å². The van der Waals surface area contributed by atoms with Crippen molar-refractivity contribution in [1.29, 1.82) is 0 Å². The number of nitrogens with zero attached hydrogens (tertiary/aromatic N) is 3. The SMILES string of the molecule is COC(=O)/C(=N\N(C)c1ccc(NCc2ccccc2)cc1)c1ccc2ccccc2[n+]1C. The van der Waals surface area contributed by atoms with E-state index in [0.29, 0.717) is 5.69 Å². The molecule has 0 saturated heterocycles. The summed E-state index contributed by atoms with van der Waals surface area (Å²) in [5.74, 6) is -0.492. The highest BCUT2D eigenvalue weighted by Crippen LogP contribution is 2.19. The van der Waals surface area contributed by atoms with Gasteiger partial charge in [-0.2, -0.15) is 9.67 Å². The van der Waals surface area contributed by atoms with E-state index in [0.717, 1.165) is 28.8 Å². The van der Waals surface area contributed by atoms with Crippen LogP contribution in [-0.2, 0) is 23.1 Å². The maximum absolute atomic E-state index is 12.6. The second kappa shape index (κ2) is 9.96. The van der Waals surface area contributed by atoms with Crippen LogP contribution in [0.15, 0.2) is 96.1 Å². The zero-order valence-electron chi connectivity index (χ0n) is 19.0. The van der Waals surface area contributed by atoms with Gasteiger partial charge < -0.3 is 10.1 Å². The Kier molecular flexibility index (Phi) is 6.64. The number of carbonyl (C=O) groups is 1. The Morgan fingerprint density at radius 2 is 1.64 bits per heavy atom. The minimum atomic E-state index is -0.492. The summed E-state index contributed by atoms with van der Waals surface area (Å²) in [5, 5.41) is 10.8. The Hall–Kier alpha value is -4.19. The molecule has 1 heterocycles. The molecule has 6 nitrogen and oxygen atoms in total. The molecule has 0 radical (unpaired) electrons. The Labute approximate surface area is 193 Å². The minimum Gasteiger partial charge on any atom is -0.464 e. The lowest BCUT2D eigenvalue weighted by molar-refractivity contribution is -0.646. The van der Waals surface area contributed by atoms with Crippen LogP contribution in [0.1, 0.15) is 11.3 Å². The number of fused-ring (bicyclic) bond motifs is 1. The predicted octanol–water partition coefficient (Wildman–Crippen LogP) is 4.29. The molecule has 0 unspecified atom stereocenters. The standard InChI is InChI=1S/C27H27N4O2/c1-30-24-12-8-7-11-21(24)13-18-25(30)26(27(32)33-3)29-31(2)23-16-14-22(15-17-23)28-19-20-9-5-4-6-10-20/h4-18,28H,19H2,1-3H3/q+1. The molecule has 0 aliphatic rings. The molecular formula is C27H27N4O2+. The van der Waals surface area contributed by atoms with Crippen LogP contribution in [-0.4, -0.2) is 25.8 Å². The zero-order valence-corrected chi connectivity index (χ0v) is 19.0. The molecule has 0 spiro atoms. The van der Waals surface area contributed by atoms with E-state index in [2.05, 4.69) is 22.6 Å². The van der Waals surface area contributed by atoms with Gasteiger partial charge in [0.05, 0.1) is 12.8 Å². The third-order valence-electron chi connectivity index (χ3n) is 5.53. The maximum Gasteiger partial charge on any atom is 0.365 e. The number of hydrazone groups is 1. The number of nitrogens with one attached hydrogen (secondary N) is 1. The van der Waals surface area contributed by atoms with E-state index in [9.17, 15) is 4.79 Å². The fourth-order valence-corrected chi connectivity index (χ4v) is 3.68. The Balaban J connectivity index is 1.58. The molecular weight excluding hydrogens is 412 g/mol.